The SMILES string of the molecule is O=C(COC(=O)/C=C/c1cn(-c2ccccc2)nc1-c1cc2ccccc2oc1=O)Nc1ccc(C(F)(F)F)cc1. The lowest BCUT2D eigenvalue weighted by molar-refractivity contribution is -0.142. The molecule has 0 aliphatic carbocycles. The Labute approximate surface area is 230 Å². The number of amides is 1. The van der Waals surface area contributed by atoms with Gasteiger partial charge in [-0.1, -0.05) is 36.4 Å². The van der Waals surface area contributed by atoms with Crippen LogP contribution in [0.25, 0.3) is 34.0 Å². The number of nitrogens with one attached hydrogen (secondary N) is 1. The second-order valence-electron chi connectivity index (χ2n) is 8.76. The minimum atomic E-state index is -4.50. The molecule has 0 saturated heterocycles. The Bertz CT molecular complexity index is 1810. The Hall–Kier alpha value is -5.45. The van der Waals surface area contributed by atoms with E-state index in [4.69, 9.17) is 9.15 Å². The Morgan fingerprint density at radius 2 is 1.68 bits per heavy atom. The van der Waals surface area contributed by atoms with Gasteiger partial charge >= 0.3 is 17.8 Å². The number of halogens is 3. The van der Waals surface area contributed by atoms with Crippen molar-refractivity contribution in [1.82, 2.24) is 9.78 Å². The van der Waals surface area contributed by atoms with E-state index in [1.165, 1.54) is 6.08 Å². The number of alkyl halides is 3. The molecule has 5 rings (SSSR count). The number of ether oxygens (including phenoxy) is 1. The minimum absolute atomic E-state index is 0.113. The van der Waals surface area contributed by atoms with E-state index < -0.39 is 35.8 Å². The van der Waals surface area contributed by atoms with Crippen LogP contribution in [0, 0.1) is 0 Å². The van der Waals surface area contributed by atoms with Gasteiger partial charge in [-0.05, 0) is 54.6 Å². The highest BCUT2D eigenvalue weighted by molar-refractivity contribution is 5.95. The van der Waals surface area contributed by atoms with Crippen LogP contribution < -0.4 is 10.9 Å². The van der Waals surface area contributed by atoms with Crippen LogP contribution in [0.1, 0.15) is 11.1 Å². The van der Waals surface area contributed by atoms with Crippen LogP contribution in [0.15, 0.2) is 106 Å². The topological polar surface area (TPSA) is 103 Å². The molecule has 1 amide bonds. The van der Waals surface area contributed by atoms with Crippen molar-refractivity contribution >= 4 is 34.6 Å². The summed E-state index contributed by atoms with van der Waals surface area (Å²) in [5.74, 6) is -1.60. The average Bonchev–Trinajstić information content (AvgIpc) is 3.39. The smallest absolute Gasteiger partial charge is 0.416 e. The fraction of sp³-hybridized carbons (Fsp3) is 0.0667. The second kappa shape index (κ2) is 11.3. The summed E-state index contributed by atoms with van der Waals surface area (Å²) in [5, 5.41) is 7.60. The number of carbonyl (C=O) groups excluding carboxylic acids is 2. The zero-order valence-electron chi connectivity index (χ0n) is 21.1. The third-order valence-corrected chi connectivity index (χ3v) is 5.90. The summed E-state index contributed by atoms with van der Waals surface area (Å²) < 4.78 is 50.1. The second-order valence-corrected chi connectivity index (χ2v) is 8.76. The highest BCUT2D eigenvalue weighted by Gasteiger charge is 2.30. The summed E-state index contributed by atoms with van der Waals surface area (Å²) in [6, 6.07) is 21.6. The van der Waals surface area contributed by atoms with E-state index in [9.17, 15) is 27.6 Å². The number of nitrogens with zero attached hydrogens (tertiary/aromatic N) is 2. The molecule has 0 aliphatic rings. The van der Waals surface area contributed by atoms with Crippen molar-refractivity contribution < 1.29 is 31.9 Å². The first-order valence-corrected chi connectivity index (χ1v) is 12.2. The Balaban J connectivity index is 1.33. The van der Waals surface area contributed by atoms with Crippen molar-refractivity contribution in [2.24, 2.45) is 0 Å². The number of aromatic nitrogens is 2. The van der Waals surface area contributed by atoms with Crippen LogP contribution in [0.2, 0.25) is 0 Å². The summed E-state index contributed by atoms with van der Waals surface area (Å²) >= 11 is 0. The van der Waals surface area contributed by atoms with Crippen molar-refractivity contribution in [2.45, 2.75) is 6.18 Å². The van der Waals surface area contributed by atoms with Crippen molar-refractivity contribution in [3.63, 3.8) is 0 Å². The maximum atomic E-state index is 12.8. The zero-order chi connectivity index (χ0) is 29.0. The molecule has 0 fully saturated rings. The number of rotatable bonds is 7. The molecular formula is C30H20F3N3O5. The van der Waals surface area contributed by atoms with Crippen LogP contribution in [0.3, 0.4) is 0 Å². The lowest BCUT2D eigenvalue weighted by Crippen LogP contribution is -2.20. The van der Waals surface area contributed by atoms with E-state index in [0.29, 0.717) is 22.2 Å². The molecule has 2 heterocycles. The lowest BCUT2D eigenvalue weighted by Gasteiger charge is -2.08. The molecule has 0 aliphatic heterocycles. The van der Waals surface area contributed by atoms with Gasteiger partial charge in [0.25, 0.3) is 5.91 Å². The molecule has 0 radical (unpaired) electrons. The molecule has 11 heteroatoms. The molecule has 3 aromatic carbocycles. The highest BCUT2D eigenvalue weighted by atomic mass is 19.4. The third-order valence-electron chi connectivity index (χ3n) is 5.90. The van der Waals surface area contributed by atoms with Gasteiger partial charge in [0, 0.05) is 28.9 Å². The van der Waals surface area contributed by atoms with Gasteiger partial charge in [-0.25, -0.2) is 14.3 Å². The summed E-state index contributed by atoms with van der Waals surface area (Å²) in [4.78, 5) is 37.3. The van der Waals surface area contributed by atoms with Crippen molar-refractivity contribution in [1.29, 1.82) is 0 Å². The van der Waals surface area contributed by atoms with Crippen molar-refractivity contribution in [3.8, 4) is 16.9 Å². The number of fused-ring (bicyclic) bond motifs is 1. The fourth-order valence-corrected chi connectivity index (χ4v) is 3.94. The zero-order valence-corrected chi connectivity index (χ0v) is 21.1. The van der Waals surface area contributed by atoms with E-state index in [1.54, 1.807) is 41.2 Å². The quantitative estimate of drug-likeness (QED) is 0.152. The number of hydrogen-bond donors (Lipinski definition) is 1. The molecule has 2 aromatic heterocycles. The van der Waals surface area contributed by atoms with Crippen LogP contribution in [-0.2, 0) is 20.5 Å². The number of benzene rings is 3. The molecule has 206 valence electrons. The number of hydrogen-bond acceptors (Lipinski definition) is 6. The maximum Gasteiger partial charge on any atom is 0.416 e. The van der Waals surface area contributed by atoms with Crippen molar-refractivity contribution in [2.75, 3.05) is 11.9 Å². The Morgan fingerprint density at radius 3 is 2.41 bits per heavy atom. The number of carbonyl (C=O) groups is 2. The van der Waals surface area contributed by atoms with Gasteiger partial charge in [0.1, 0.15) is 11.3 Å². The van der Waals surface area contributed by atoms with Gasteiger partial charge in [0.15, 0.2) is 6.61 Å². The standard InChI is InChI=1S/C30H20F3N3O5/c31-30(32,33)21-11-13-22(14-12-21)34-26(37)18-40-27(38)15-10-20-17-36(23-7-2-1-3-8-23)35-28(20)24-16-19-6-4-5-9-25(19)41-29(24)39/h1-17H,18H2,(H,34,37)/b15-10+. The maximum absolute atomic E-state index is 12.8. The van der Waals surface area contributed by atoms with Crippen LogP contribution in [-0.4, -0.2) is 28.3 Å². The largest absolute Gasteiger partial charge is 0.452 e. The Kier molecular flexibility index (Phi) is 7.51. The number of anilines is 1. The molecule has 0 saturated carbocycles. The van der Waals surface area contributed by atoms with Gasteiger partial charge < -0.3 is 14.5 Å². The van der Waals surface area contributed by atoms with Crippen LogP contribution in [0.5, 0.6) is 0 Å². The van der Waals surface area contributed by atoms with Gasteiger partial charge in [0.05, 0.1) is 16.8 Å². The molecule has 5 aromatic rings. The van der Waals surface area contributed by atoms with E-state index in [0.717, 1.165) is 30.3 Å². The predicted molar refractivity (Wildman–Crippen MR) is 145 cm³/mol. The molecule has 0 bridgehead atoms. The summed E-state index contributed by atoms with van der Waals surface area (Å²) in [5.41, 5.74) is 0.617. The molecule has 41 heavy (non-hydrogen) atoms. The first-order chi connectivity index (χ1) is 19.7. The predicted octanol–water partition coefficient (Wildman–Crippen LogP) is 5.86. The highest BCUT2D eigenvalue weighted by Crippen LogP contribution is 2.30. The van der Waals surface area contributed by atoms with Gasteiger partial charge in [-0.15, -0.1) is 0 Å². The van der Waals surface area contributed by atoms with Crippen LogP contribution in [0.4, 0.5) is 18.9 Å². The molecule has 0 atom stereocenters. The summed E-state index contributed by atoms with van der Waals surface area (Å²) in [6.45, 7) is -0.672. The van der Waals surface area contributed by atoms with E-state index in [2.05, 4.69) is 10.4 Å². The molecule has 8 nitrogen and oxygen atoms in total. The number of para-hydroxylation sites is 2. The normalized spacial score (nSPS) is 11.6. The van der Waals surface area contributed by atoms with Crippen molar-refractivity contribution in [3.05, 3.63) is 119 Å². The number of esters is 1. The summed E-state index contributed by atoms with van der Waals surface area (Å²) in [6.07, 6.45) is -0.406. The molecule has 1 N–H and O–H groups in total. The fourth-order valence-electron chi connectivity index (χ4n) is 3.94. The van der Waals surface area contributed by atoms with Gasteiger partial charge in [-0.2, -0.15) is 18.3 Å². The van der Waals surface area contributed by atoms with Crippen LogP contribution >= 0.6 is 0 Å². The summed E-state index contributed by atoms with van der Waals surface area (Å²) in [7, 11) is 0. The molecule has 0 spiro atoms. The first-order valence-electron chi connectivity index (χ1n) is 12.2. The molecule has 0 unspecified atom stereocenters. The minimum Gasteiger partial charge on any atom is -0.452 e. The monoisotopic (exact) mass is 559 g/mol. The van der Waals surface area contributed by atoms with E-state index >= 15 is 0 Å². The molecular weight excluding hydrogens is 539 g/mol. The van der Waals surface area contributed by atoms with Gasteiger partial charge in [0.2, 0.25) is 0 Å². The Morgan fingerprint density at radius 1 is 0.976 bits per heavy atom. The lowest BCUT2D eigenvalue weighted by atomic mass is 10.1. The first kappa shape index (κ1) is 27.1. The third kappa shape index (κ3) is 6.41. The van der Waals surface area contributed by atoms with E-state index in [-0.39, 0.29) is 16.9 Å². The average molecular weight is 560 g/mol. The van der Waals surface area contributed by atoms with Gasteiger partial charge in [-0.3, -0.25) is 4.79 Å². The van der Waals surface area contributed by atoms with E-state index in [1.807, 2.05) is 30.3 Å².